The second-order valence-corrected chi connectivity index (χ2v) is 3.98. The van der Waals surface area contributed by atoms with Crippen molar-refractivity contribution >= 4 is 5.78 Å². The molecule has 0 unspecified atom stereocenters. The van der Waals surface area contributed by atoms with Gasteiger partial charge in [-0.1, -0.05) is 11.3 Å². The van der Waals surface area contributed by atoms with E-state index in [-0.39, 0.29) is 5.78 Å². The molecule has 2 heterocycles. The Labute approximate surface area is 94.5 Å². The maximum atomic E-state index is 11.5. The van der Waals surface area contributed by atoms with E-state index in [9.17, 15) is 4.79 Å². The number of nitrogens with one attached hydrogen (secondary N) is 1. The quantitative estimate of drug-likeness (QED) is 0.606. The number of allylic oxidation sites excluding steroid dienone is 1. The molecule has 0 saturated carbocycles. The Bertz CT molecular complexity index is 379. The summed E-state index contributed by atoms with van der Waals surface area (Å²) in [7, 11) is 0. The van der Waals surface area contributed by atoms with E-state index in [0.29, 0.717) is 18.2 Å². The van der Waals surface area contributed by atoms with E-state index in [1.54, 1.807) is 12.3 Å². The fourth-order valence-corrected chi connectivity index (χ4v) is 1.89. The van der Waals surface area contributed by atoms with Gasteiger partial charge in [0.2, 0.25) is 0 Å². The van der Waals surface area contributed by atoms with Crippen LogP contribution >= 0.6 is 0 Å². The zero-order valence-electron chi connectivity index (χ0n) is 9.22. The monoisotopic (exact) mass is 220 g/mol. The van der Waals surface area contributed by atoms with Gasteiger partial charge in [-0.25, -0.2) is 4.68 Å². The molecular formula is C11H16N4O. The van der Waals surface area contributed by atoms with Crippen LogP contribution in [0, 0.1) is 0 Å². The molecule has 0 bridgehead atoms. The minimum absolute atomic E-state index is 0.0183. The molecule has 0 aromatic carbocycles. The number of rotatable bonds is 4. The summed E-state index contributed by atoms with van der Waals surface area (Å²) in [5.41, 5.74) is 0.443. The van der Waals surface area contributed by atoms with Crippen LogP contribution < -0.4 is 5.32 Å². The molecule has 1 N–H and O–H groups in total. The maximum absolute atomic E-state index is 11.5. The van der Waals surface area contributed by atoms with Crippen LogP contribution in [-0.4, -0.2) is 33.9 Å². The van der Waals surface area contributed by atoms with Gasteiger partial charge in [0, 0.05) is 6.42 Å². The summed E-state index contributed by atoms with van der Waals surface area (Å²) < 4.78 is 1.82. The third kappa shape index (κ3) is 2.36. The molecule has 0 radical (unpaired) electrons. The Morgan fingerprint density at radius 2 is 2.38 bits per heavy atom. The van der Waals surface area contributed by atoms with Crippen LogP contribution in [0.1, 0.15) is 35.8 Å². The van der Waals surface area contributed by atoms with E-state index in [4.69, 9.17) is 0 Å². The number of hydrogen-bond donors (Lipinski definition) is 1. The van der Waals surface area contributed by atoms with Gasteiger partial charge in [0.15, 0.2) is 5.78 Å². The number of Topliss-reactive ketones (excluding diaryl/α,β-unsaturated/α-hetero) is 1. The minimum atomic E-state index is -0.0183. The highest BCUT2D eigenvalue weighted by molar-refractivity contribution is 5.94. The predicted octanol–water partition coefficient (Wildman–Crippen LogP) is 0.961. The lowest BCUT2D eigenvalue weighted by atomic mass is 10.1. The van der Waals surface area contributed by atoms with Crippen LogP contribution in [0.25, 0.3) is 0 Å². The molecule has 86 valence electrons. The van der Waals surface area contributed by atoms with Gasteiger partial charge >= 0.3 is 0 Å². The molecule has 0 spiro atoms. The molecule has 1 aromatic heterocycles. The lowest BCUT2D eigenvalue weighted by molar-refractivity contribution is 0.0991. The molecule has 0 aliphatic carbocycles. The highest BCUT2D eigenvalue weighted by Gasteiger charge is 2.17. The molecule has 0 atom stereocenters. The van der Waals surface area contributed by atoms with Crippen LogP contribution in [-0.2, 0) is 0 Å². The fourth-order valence-electron chi connectivity index (χ4n) is 1.89. The van der Waals surface area contributed by atoms with Crippen LogP contribution in [0.4, 0.5) is 0 Å². The summed E-state index contributed by atoms with van der Waals surface area (Å²) in [5, 5.41) is 11.2. The summed E-state index contributed by atoms with van der Waals surface area (Å²) >= 11 is 0. The van der Waals surface area contributed by atoms with E-state index in [1.165, 1.54) is 0 Å². The van der Waals surface area contributed by atoms with E-state index < -0.39 is 0 Å². The van der Waals surface area contributed by atoms with E-state index in [1.807, 2.05) is 4.68 Å². The van der Waals surface area contributed by atoms with Crippen LogP contribution in [0.15, 0.2) is 18.9 Å². The average molecular weight is 220 g/mol. The minimum Gasteiger partial charge on any atom is -0.317 e. The van der Waals surface area contributed by atoms with Crippen molar-refractivity contribution in [3.05, 3.63) is 24.5 Å². The molecule has 1 aliphatic rings. The molecule has 1 aromatic rings. The molecule has 0 amide bonds. The van der Waals surface area contributed by atoms with Gasteiger partial charge in [-0.2, -0.15) is 0 Å². The molecule has 1 fully saturated rings. The number of nitrogens with zero attached hydrogens (tertiary/aromatic N) is 3. The highest BCUT2D eigenvalue weighted by Crippen LogP contribution is 2.17. The number of carbonyl (C=O) groups is 1. The first-order valence-electron chi connectivity index (χ1n) is 5.58. The van der Waals surface area contributed by atoms with E-state index >= 15 is 0 Å². The largest absolute Gasteiger partial charge is 0.317 e. The Balaban J connectivity index is 2.06. The number of hydrogen-bond acceptors (Lipinski definition) is 4. The lowest BCUT2D eigenvalue weighted by Crippen LogP contribution is -2.29. The second-order valence-electron chi connectivity index (χ2n) is 3.98. The summed E-state index contributed by atoms with van der Waals surface area (Å²) in [6, 6.07) is 0.374. The van der Waals surface area contributed by atoms with Crippen molar-refractivity contribution in [1.82, 2.24) is 20.3 Å². The Hall–Kier alpha value is -1.49. The smallest absolute Gasteiger partial charge is 0.188 e. The van der Waals surface area contributed by atoms with Gasteiger partial charge in [-0.3, -0.25) is 4.79 Å². The number of aromatic nitrogens is 3. The number of ketones is 1. The predicted molar refractivity (Wildman–Crippen MR) is 60.3 cm³/mol. The van der Waals surface area contributed by atoms with Gasteiger partial charge in [0.25, 0.3) is 0 Å². The Kier molecular flexibility index (Phi) is 3.46. The Morgan fingerprint density at radius 1 is 1.62 bits per heavy atom. The topological polar surface area (TPSA) is 59.8 Å². The zero-order chi connectivity index (χ0) is 11.4. The molecule has 2 rings (SSSR count). The van der Waals surface area contributed by atoms with Crippen LogP contribution in [0.2, 0.25) is 0 Å². The molecular weight excluding hydrogens is 204 g/mol. The van der Waals surface area contributed by atoms with Crippen molar-refractivity contribution in [3.8, 4) is 0 Å². The van der Waals surface area contributed by atoms with Crippen molar-refractivity contribution in [1.29, 1.82) is 0 Å². The second kappa shape index (κ2) is 5.03. The van der Waals surface area contributed by atoms with Gasteiger partial charge in [0.05, 0.1) is 12.2 Å². The number of piperidine rings is 1. The first-order valence-corrected chi connectivity index (χ1v) is 5.58. The normalized spacial score (nSPS) is 17.2. The van der Waals surface area contributed by atoms with Crippen LogP contribution in [0.5, 0.6) is 0 Å². The zero-order valence-corrected chi connectivity index (χ0v) is 9.22. The molecule has 5 heteroatoms. The summed E-state index contributed by atoms with van der Waals surface area (Å²) in [5.74, 6) is -0.0183. The fraction of sp³-hybridized carbons (Fsp3) is 0.545. The Morgan fingerprint density at radius 3 is 3.06 bits per heavy atom. The third-order valence-electron chi connectivity index (χ3n) is 2.81. The number of carbonyl (C=O) groups excluding carboxylic acids is 1. The molecule has 1 aliphatic heterocycles. The van der Waals surface area contributed by atoms with Crippen molar-refractivity contribution in [2.24, 2.45) is 0 Å². The first-order chi connectivity index (χ1) is 7.81. The van der Waals surface area contributed by atoms with Gasteiger partial charge < -0.3 is 5.32 Å². The summed E-state index contributed by atoms with van der Waals surface area (Å²) in [6.07, 6.45) is 5.75. The van der Waals surface area contributed by atoms with E-state index in [0.717, 1.165) is 25.9 Å². The van der Waals surface area contributed by atoms with Gasteiger partial charge in [-0.05, 0) is 25.9 Å². The summed E-state index contributed by atoms with van der Waals surface area (Å²) in [6.45, 7) is 5.54. The first kappa shape index (κ1) is 11.0. The standard InChI is InChI=1S/C11H16N4O/c1-2-3-11(16)10-8-15(14-13-10)9-4-6-12-7-5-9/h2,8-9,12H,1,3-7H2. The van der Waals surface area contributed by atoms with Crippen molar-refractivity contribution in [2.45, 2.75) is 25.3 Å². The molecule has 16 heavy (non-hydrogen) atoms. The average Bonchev–Trinajstić information content (AvgIpc) is 2.80. The molecule has 5 nitrogen and oxygen atoms in total. The van der Waals surface area contributed by atoms with E-state index in [2.05, 4.69) is 22.2 Å². The lowest BCUT2D eigenvalue weighted by Gasteiger charge is -2.22. The van der Waals surface area contributed by atoms with Gasteiger partial charge in [0.1, 0.15) is 5.69 Å². The van der Waals surface area contributed by atoms with Crippen molar-refractivity contribution < 1.29 is 4.79 Å². The SMILES string of the molecule is C=CCC(=O)c1cn(C2CCNCC2)nn1. The highest BCUT2D eigenvalue weighted by atomic mass is 16.1. The molecule has 1 saturated heterocycles. The maximum Gasteiger partial charge on any atom is 0.188 e. The summed E-state index contributed by atoms with van der Waals surface area (Å²) in [4.78, 5) is 11.5. The van der Waals surface area contributed by atoms with Crippen LogP contribution in [0.3, 0.4) is 0 Å². The van der Waals surface area contributed by atoms with Crippen molar-refractivity contribution in [2.75, 3.05) is 13.1 Å². The third-order valence-corrected chi connectivity index (χ3v) is 2.81. The van der Waals surface area contributed by atoms with Gasteiger partial charge in [-0.15, -0.1) is 11.7 Å². The van der Waals surface area contributed by atoms with Crippen molar-refractivity contribution in [3.63, 3.8) is 0 Å².